The Bertz CT molecular complexity index is 1400. The van der Waals surface area contributed by atoms with Gasteiger partial charge in [-0.15, -0.1) is 0 Å². The molecule has 0 saturated carbocycles. The summed E-state index contributed by atoms with van der Waals surface area (Å²) in [6, 6.07) is 0. The fourth-order valence-corrected chi connectivity index (χ4v) is 9.53. The lowest BCUT2D eigenvalue weighted by Crippen LogP contribution is -2.30. The standard InChI is InChI=1S/C70H124O6/c1-4-7-10-13-16-19-22-24-26-28-30-32-33-34-35-36-37-39-40-42-44-46-48-51-54-57-60-63-69(72)75-66-67(65-74-68(71)62-59-56-53-50-21-18-15-12-9-6-3)76-70(73)64-61-58-55-52-49-47-45-43-41-38-31-29-27-25-23-20-17-14-11-8-5-2/h8,11,17,20,25,27-28,30-31,38,43,45,67H,4-7,9-10,12-16,18-19,21-24,26,29,32-37,39-42,44,46-66H2,1-3H3/b11-8-,20-17-,27-25-,30-28-,38-31-,45-43-. The monoisotopic (exact) mass is 1060 g/mol. The van der Waals surface area contributed by atoms with Crippen LogP contribution in [0.2, 0.25) is 0 Å². The van der Waals surface area contributed by atoms with Crippen LogP contribution in [0.15, 0.2) is 72.9 Å². The van der Waals surface area contributed by atoms with Gasteiger partial charge < -0.3 is 14.2 Å². The number of rotatable bonds is 60. The smallest absolute Gasteiger partial charge is 0.306 e. The van der Waals surface area contributed by atoms with E-state index in [0.717, 1.165) is 109 Å². The maximum absolute atomic E-state index is 12.9. The van der Waals surface area contributed by atoms with E-state index in [4.69, 9.17) is 14.2 Å². The molecule has 1 unspecified atom stereocenters. The van der Waals surface area contributed by atoms with Gasteiger partial charge in [0.25, 0.3) is 0 Å². The van der Waals surface area contributed by atoms with E-state index in [-0.39, 0.29) is 31.1 Å². The number of hydrogen-bond acceptors (Lipinski definition) is 6. The maximum Gasteiger partial charge on any atom is 0.306 e. The van der Waals surface area contributed by atoms with E-state index in [1.807, 2.05) is 0 Å². The highest BCUT2D eigenvalue weighted by molar-refractivity contribution is 5.71. The molecule has 440 valence electrons. The Kier molecular flexibility index (Phi) is 61.7. The fraction of sp³-hybridized carbons (Fsp3) is 0.786. The van der Waals surface area contributed by atoms with Gasteiger partial charge in [0.15, 0.2) is 6.10 Å². The predicted octanol–water partition coefficient (Wildman–Crippen LogP) is 22.5. The van der Waals surface area contributed by atoms with Crippen molar-refractivity contribution >= 4 is 17.9 Å². The zero-order chi connectivity index (χ0) is 55.0. The van der Waals surface area contributed by atoms with Gasteiger partial charge in [-0.05, 0) is 89.9 Å². The van der Waals surface area contributed by atoms with Crippen molar-refractivity contribution in [1.29, 1.82) is 0 Å². The first kappa shape index (κ1) is 72.8. The third kappa shape index (κ3) is 61.7. The Morgan fingerprint density at radius 3 is 0.816 bits per heavy atom. The lowest BCUT2D eigenvalue weighted by Gasteiger charge is -2.18. The molecule has 6 heteroatoms. The Labute approximate surface area is 472 Å². The van der Waals surface area contributed by atoms with Crippen LogP contribution in [0.25, 0.3) is 0 Å². The van der Waals surface area contributed by atoms with Crippen molar-refractivity contribution < 1.29 is 28.6 Å². The number of allylic oxidation sites excluding steroid dienone is 12. The fourth-order valence-electron chi connectivity index (χ4n) is 9.53. The quantitative estimate of drug-likeness (QED) is 0.0261. The predicted molar refractivity (Wildman–Crippen MR) is 330 cm³/mol. The van der Waals surface area contributed by atoms with Crippen LogP contribution in [-0.4, -0.2) is 37.2 Å². The van der Waals surface area contributed by atoms with E-state index in [0.29, 0.717) is 19.3 Å². The summed E-state index contributed by atoms with van der Waals surface area (Å²) in [5.74, 6) is -0.885. The molecule has 0 saturated heterocycles. The minimum atomic E-state index is -0.784. The largest absolute Gasteiger partial charge is 0.462 e. The molecule has 0 amide bonds. The summed E-state index contributed by atoms with van der Waals surface area (Å²) in [6.07, 6.45) is 83.5. The van der Waals surface area contributed by atoms with Crippen molar-refractivity contribution in [2.75, 3.05) is 13.2 Å². The normalized spacial score (nSPS) is 12.5. The molecule has 0 aromatic rings. The van der Waals surface area contributed by atoms with Gasteiger partial charge >= 0.3 is 17.9 Å². The van der Waals surface area contributed by atoms with E-state index in [1.54, 1.807) is 0 Å². The number of carbonyl (C=O) groups excluding carboxylic acids is 3. The van der Waals surface area contributed by atoms with Crippen molar-refractivity contribution in [3.8, 4) is 0 Å². The molecule has 0 rings (SSSR count). The van der Waals surface area contributed by atoms with Gasteiger partial charge in [0, 0.05) is 19.3 Å². The summed E-state index contributed by atoms with van der Waals surface area (Å²) in [7, 11) is 0. The second-order valence-corrected chi connectivity index (χ2v) is 22.0. The molecule has 0 aromatic heterocycles. The molecule has 0 heterocycles. The number of esters is 3. The van der Waals surface area contributed by atoms with Crippen LogP contribution in [0, 0.1) is 0 Å². The van der Waals surface area contributed by atoms with Gasteiger partial charge in [-0.1, -0.05) is 299 Å². The van der Waals surface area contributed by atoms with E-state index in [1.165, 1.54) is 186 Å². The Hall–Kier alpha value is -3.15. The van der Waals surface area contributed by atoms with Crippen LogP contribution in [0.4, 0.5) is 0 Å². The molecule has 0 bridgehead atoms. The number of unbranched alkanes of at least 4 members (excludes halogenated alkanes) is 37. The summed E-state index contributed by atoms with van der Waals surface area (Å²) in [4.78, 5) is 38.2. The summed E-state index contributed by atoms with van der Waals surface area (Å²) in [6.45, 7) is 6.54. The van der Waals surface area contributed by atoms with Crippen LogP contribution in [-0.2, 0) is 28.6 Å². The number of hydrogen-bond donors (Lipinski definition) is 0. The summed E-state index contributed by atoms with van der Waals surface area (Å²) < 4.78 is 16.9. The van der Waals surface area contributed by atoms with Gasteiger partial charge in [-0.2, -0.15) is 0 Å². The first-order chi connectivity index (χ1) is 37.5. The lowest BCUT2D eigenvalue weighted by molar-refractivity contribution is -0.167. The van der Waals surface area contributed by atoms with Crippen molar-refractivity contribution in [3.05, 3.63) is 72.9 Å². The molecular formula is C70H124O6. The molecule has 0 fully saturated rings. The van der Waals surface area contributed by atoms with Crippen LogP contribution < -0.4 is 0 Å². The molecule has 0 aliphatic rings. The third-order valence-corrected chi connectivity index (χ3v) is 14.4. The van der Waals surface area contributed by atoms with Gasteiger partial charge in [-0.25, -0.2) is 0 Å². The molecule has 0 aliphatic heterocycles. The molecule has 6 nitrogen and oxygen atoms in total. The zero-order valence-electron chi connectivity index (χ0n) is 50.5. The summed E-state index contributed by atoms with van der Waals surface area (Å²) >= 11 is 0. The molecule has 0 aromatic carbocycles. The highest BCUT2D eigenvalue weighted by Gasteiger charge is 2.19. The van der Waals surface area contributed by atoms with Gasteiger partial charge in [-0.3, -0.25) is 14.4 Å². The second-order valence-electron chi connectivity index (χ2n) is 22.0. The number of ether oxygens (including phenoxy) is 3. The van der Waals surface area contributed by atoms with Crippen molar-refractivity contribution in [1.82, 2.24) is 0 Å². The number of carbonyl (C=O) groups is 3. The first-order valence-electron chi connectivity index (χ1n) is 32.9. The van der Waals surface area contributed by atoms with Crippen molar-refractivity contribution in [2.45, 2.75) is 341 Å². The lowest BCUT2D eigenvalue weighted by atomic mass is 10.0. The molecule has 0 N–H and O–H groups in total. The van der Waals surface area contributed by atoms with Crippen LogP contribution in [0.3, 0.4) is 0 Å². The SMILES string of the molecule is CC/C=C\C/C=C\C/C=C\C/C=C\C/C=C\CCCCCCCC(=O)OC(COC(=O)CCCCCCCCCCCC)COC(=O)CCCCCCCCCCCCCCCCC/C=C\CCCCCCCCCC. The molecule has 0 aliphatic carbocycles. The molecule has 0 spiro atoms. The molecule has 1 atom stereocenters. The molecular weight excluding hydrogens is 937 g/mol. The molecule has 76 heavy (non-hydrogen) atoms. The minimum absolute atomic E-state index is 0.0801. The Morgan fingerprint density at radius 2 is 0.513 bits per heavy atom. The minimum Gasteiger partial charge on any atom is -0.462 e. The third-order valence-electron chi connectivity index (χ3n) is 14.4. The summed E-state index contributed by atoms with van der Waals surface area (Å²) in [5, 5.41) is 0. The highest BCUT2D eigenvalue weighted by atomic mass is 16.6. The summed E-state index contributed by atoms with van der Waals surface area (Å²) in [5.41, 5.74) is 0. The zero-order valence-corrected chi connectivity index (χ0v) is 50.5. The van der Waals surface area contributed by atoms with E-state index in [2.05, 4.69) is 93.7 Å². The van der Waals surface area contributed by atoms with E-state index >= 15 is 0 Å². The second kappa shape index (κ2) is 64.4. The molecule has 0 radical (unpaired) electrons. The van der Waals surface area contributed by atoms with Crippen LogP contribution in [0.5, 0.6) is 0 Å². The topological polar surface area (TPSA) is 78.9 Å². The average molecular weight is 1060 g/mol. The Morgan fingerprint density at radius 1 is 0.276 bits per heavy atom. The van der Waals surface area contributed by atoms with Gasteiger partial charge in [0.1, 0.15) is 13.2 Å². The van der Waals surface area contributed by atoms with Crippen molar-refractivity contribution in [3.63, 3.8) is 0 Å². The van der Waals surface area contributed by atoms with E-state index in [9.17, 15) is 14.4 Å². The van der Waals surface area contributed by atoms with Gasteiger partial charge in [0.05, 0.1) is 0 Å². The van der Waals surface area contributed by atoms with E-state index < -0.39 is 6.10 Å². The Balaban J connectivity index is 4.22. The van der Waals surface area contributed by atoms with Gasteiger partial charge in [0.2, 0.25) is 0 Å². The maximum atomic E-state index is 12.9. The van der Waals surface area contributed by atoms with Crippen LogP contribution in [0.1, 0.15) is 335 Å². The average Bonchev–Trinajstić information content (AvgIpc) is 3.42. The first-order valence-corrected chi connectivity index (χ1v) is 32.9. The highest BCUT2D eigenvalue weighted by Crippen LogP contribution is 2.17. The van der Waals surface area contributed by atoms with Crippen LogP contribution >= 0.6 is 0 Å². The van der Waals surface area contributed by atoms with Crippen molar-refractivity contribution in [2.24, 2.45) is 0 Å².